The zero-order valence-corrected chi connectivity index (χ0v) is 15.5. The molecule has 6 heteroatoms. The number of carbonyl (C=O) groups excluding carboxylic acids is 1. The zero-order chi connectivity index (χ0) is 18.2. The van der Waals surface area contributed by atoms with Crippen LogP contribution in [0.2, 0.25) is 0 Å². The van der Waals surface area contributed by atoms with E-state index >= 15 is 0 Å². The van der Waals surface area contributed by atoms with Crippen LogP contribution >= 0.6 is 11.8 Å². The highest BCUT2D eigenvalue weighted by atomic mass is 32.2. The van der Waals surface area contributed by atoms with E-state index in [-0.39, 0.29) is 11.8 Å². The standard InChI is InChI=1S/C20H24FN3OS/c21-18-6-3-4-16(14-18)8-9-22-20(25)23-19-7-2-1-5-17(19)15-24-10-12-26-13-11-24/h1-7,14H,8-13,15H2,(H2,22,23,25). The fourth-order valence-electron chi connectivity index (χ4n) is 2.96. The molecule has 2 N–H and O–H groups in total. The summed E-state index contributed by atoms with van der Waals surface area (Å²) < 4.78 is 13.2. The van der Waals surface area contributed by atoms with Gasteiger partial charge < -0.3 is 10.6 Å². The highest BCUT2D eigenvalue weighted by Gasteiger charge is 2.13. The first-order chi connectivity index (χ1) is 12.7. The summed E-state index contributed by atoms with van der Waals surface area (Å²) in [5.74, 6) is 2.07. The third-order valence-electron chi connectivity index (χ3n) is 4.35. The Kier molecular flexibility index (Phi) is 6.91. The normalized spacial score (nSPS) is 14.8. The minimum absolute atomic E-state index is 0.233. The van der Waals surface area contributed by atoms with E-state index in [2.05, 4.69) is 21.6 Å². The van der Waals surface area contributed by atoms with Crippen LogP contribution in [-0.4, -0.2) is 42.1 Å². The van der Waals surface area contributed by atoms with Gasteiger partial charge in [-0.25, -0.2) is 9.18 Å². The number of carbonyl (C=O) groups is 1. The van der Waals surface area contributed by atoms with Crippen LogP contribution in [-0.2, 0) is 13.0 Å². The average Bonchev–Trinajstić information content (AvgIpc) is 2.64. The highest BCUT2D eigenvalue weighted by molar-refractivity contribution is 7.99. The molecule has 0 bridgehead atoms. The molecule has 0 aliphatic carbocycles. The number of urea groups is 1. The predicted octanol–water partition coefficient (Wildman–Crippen LogP) is 3.74. The Morgan fingerprint density at radius 1 is 1.12 bits per heavy atom. The Bertz CT molecular complexity index is 735. The molecule has 1 heterocycles. The molecule has 1 aliphatic heterocycles. The molecule has 0 atom stereocenters. The molecule has 1 fully saturated rings. The molecule has 0 saturated carbocycles. The van der Waals surface area contributed by atoms with Gasteiger partial charge in [0.25, 0.3) is 0 Å². The summed E-state index contributed by atoms with van der Waals surface area (Å²) in [6.07, 6.45) is 0.596. The molecule has 4 nitrogen and oxygen atoms in total. The lowest BCUT2D eigenvalue weighted by atomic mass is 10.1. The second kappa shape index (κ2) is 9.59. The summed E-state index contributed by atoms with van der Waals surface area (Å²) in [7, 11) is 0. The van der Waals surface area contributed by atoms with Crippen molar-refractivity contribution in [1.29, 1.82) is 0 Å². The van der Waals surface area contributed by atoms with Gasteiger partial charge in [0, 0.05) is 43.4 Å². The quantitative estimate of drug-likeness (QED) is 0.811. The van der Waals surface area contributed by atoms with Crippen molar-refractivity contribution in [1.82, 2.24) is 10.2 Å². The number of benzene rings is 2. The molecule has 26 heavy (non-hydrogen) atoms. The molecule has 3 rings (SSSR count). The average molecular weight is 373 g/mol. The molecule has 1 aliphatic rings. The second-order valence-corrected chi connectivity index (χ2v) is 7.53. The lowest BCUT2D eigenvalue weighted by Gasteiger charge is -2.27. The van der Waals surface area contributed by atoms with Crippen molar-refractivity contribution >= 4 is 23.5 Å². The number of para-hydroxylation sites is 1. The molecule has 0 unspecified atom stereocenters. The first-order valence-corrected chi connectivity index (χ1v) is 10.0. The van der Waals surface area contributed by atoms with Gasteiger partial charge in [0.2, 0.25) is 0 Å². The maximum atomic E-state index is 13.2. The van der Waals surface area contributed by atoms with Crippen LogP contribution < -0.4 is 10.6 Å². The fourth-order valence-corrected chi connectivity index (χ4v) is 3.94. The first kappa shape index (κ1) is 18.7. The lowest BCUT2D eigenvalue weighted by Crippen LogP contribution is -2.33. The van der Waals surface area contributed by atoms with Crippen molar-refractivity contribution in [2.75, 3.05) is 36.5 Å². The van der Waals surface area contributed by atoms with E-state index in [0.29, 0.717) is 13.0 Å². The van der Waals surface area contributed by atoms with E-state index in [9.17, 15) is 9.18 Å². The Morgan fingerprint density at radius 3 is 2.73 bits per heavy atom. The number of rotatable bonds is 6. The molecule has 2 amide bonds. The Hall–Kier alpha value is -2.05. The molecular weight excluding hydrogens is 349 g/mol. The summed E-state index contributed by atoms with van der Waals surface area (Å²) in [6, 6.07) is 14.1. The van der Waals surface area contributed by atoms with E-state index in [0.717, 1.165) is 48.0 Å². The van der Waals surface area contributed by atoms with Crippen LogP contribution in [0.1, 0.15) is 11.1 Å². The van der Waals surface area contributed by atoms with Gasteiger partial charge in [-0.15, -0.1) is 0 Å². The molecule has 138 valence electrons. The maximum Gasteiger partial charge on any atom is 0.319 e. The topological polar surface area (TPSA) is 44.4 Å². The van der Waals surface area contributed by atoms with Gasteiger partial charge in [0.05, 0.1) is 0 Å². The first-order valence-electron chi connectivity index (χ1n) is 8.88. The number of halogens is 1. The molecule has 1 saturated heterocycles. The second-order valence-electron chi connectivity index (χ2n) is 6.31. The van der Waals surface area contributed by atoms with E-state index in [1.165, 1.54) is 12.1 Å². The van der Waals surface area contributed by atoms with Gasteiger partial charge in [-0.3, -0.25) is 4.90 Å². The molecular formula is C20H24FN3OS. The summed E-state index contributed by atoms with van der Waals surface area (Å²) >= 11 is 1.99. The van der Waals surface area contributed by atoms with Crippen LogP contribution in [0.15, 0.2) is 48.5 Å². The number of nitrogens with zero attached hydrogens (tertiary/aromatic N) is 1. The van der Waals surface area contributed by atoms with Crippen LogP contribution in [0.25, 0.3) is 0 Å². The minimum atomic E-state index is -0.253. The zero-order valence-electron chi connectivity index (χ0n) is 14.7. The molecule has 0 aromatic heterocycles. The van der Waals surface area contributed by atoms with E-state index < -0.39 is 0 Å². The molecule has 2 aromatic rings. The summed E-state index contributed by atoms with van der Waals surface area (Å²) in [6.45, 7) is 3.47. The van der Waals surface area contributed by atoms with Crippen molar-refractivity contribution in [3.05, 3.63) is 65.5 Å². The van der Waals surface area contributed by atoms with Crippen LogP contribution in [0, 0.1) is 5.82 Å². The van der Waals surface area contributed by atoms with Crippen LogP contribution in [0.4, 0.5) is 14.9 Å². The van der Waals surface area contributed by atoms with E-state index in [1.807, 2.05) is 36.0 Å². The third-order valence-corrected chi connectivity index (χ3v) is 5.29. The SMILES string of the molecule is O=C(NCCc1cccc(F)c1)Nc1ccccc1CN1CCSCC1. The van der Waals surface area contributed by atoms with Gasteiger partial charge in [-0.05, 0) is 35.7 Å². The smallest absolute Gasteiger partial charge is 0.319 e. The predicted molar refractivity (Wildman–Crippen MR) is 106 cm³/mol. The number of nitrogens with one attached hydrogen (secondary N) is 2. The lowest BCUT2D eigenvalue weighted by molar-refractivity contribution is 0.252. The largest absolute Gasteiger partial charge is 0.338 e. The van der Waals surface area contributed by atoms with Crippen molar-refractivity contribution in [3.8, 4) is 0 Å². The van der Waals surface area contributed by atoms with Gasteiger partial charge in [-0.1, -0.05) is 30.3 Å². The number of hydrogen-bond acceptors (Lipinski definition) is 3. The van der Waals surface area contributed by atoms with Crippen LogP contribution in [0.5, 0.6) is 0 Å². The van der Waals surface area contributed by atoms with Crippen molar-refractivity contribution in [3.63, 3.8) is 0 Å². The monoisotopic (exact) mass is 373 g/mol. The van der Waals surface area contributed by atoms with Crippen molar-refractivity contribution in [2.45, 2.75) is 13.0 Å². The number of anilines is 1. The van der Waals surface area contributed by atoms with Gasteiger partial charge in [0.15, 0.2) is 0 Å². The van der Waals surface area contributed by atoms with Crippen molar-refractivity contribution in [2.24, 2.45) is 0 Å². The van der Waals surface area contributed by atoms with E-state index in [1.54, 1.807) is 6.07 Å². The summed E-state index contributed by atoms with van der Waals surface area (Å²) in [5.41, 5.74) is 2.84. The van der Waals surface area contributed by atoms with E-state index in [4.69, 9.17) is 0 Å². The highest BCUT2D eigenvalue weighted by Crippen LogP contribution is 2.19. The third kappa shape index (κ3) is 5.75. The number of thioether (sulfide) groups is 1. The van der Waals surface area contributed by atoms with Gasteiger partial charge >= 0.3 is 6.03 Å². The number of hydrogen-bond donors (Lipinski definition) is 2. The fraction of sp³-hybridized carbons (Fsp3) is 0.350. The molecule has 2 aromatic carbocycles. The summed E-state index contributed by atoms with van der Waals surface area (Å²) in [5, 5.41) is 5.78. The molecule has 0 spiro atoms. The number of amides is 2. The summed E-state index contributed by atoms with van der Waals surface area (Å²) in [4.78, 5) is 14.6. The maximum absolute atomic E-state index is 13.2. The van der Waals surface area contributed by atoms with Crippen molar-refractivity contribution < 1.29 is 9.18 Å². The van der Waals surface area contributed by atoms with Crippen LogP contribution in [0.3, 0.4) is 0 Å². The molecule has 0 radical (unpaired) electrons. The Labute approximate surface area is 158 Å². The Balaban J connectivity index is 1.50. The Morgan fingerprint density at radius 2 is 1.92 bits per heavy atom. The van der Waals surface area contributed by atoms with Gasteiger partial charge in [-0.2, -0.15) is 11.8 Å². The minimum Gasteiger partial charge on any atom is -0.338 e. The van der Waals surface area contributed by atoms with Gasteiger partial charge in [0.1, 0.15) is 5.82 Å².